The quantitative estimate of drug-likeness (QED) is 0.351. The zero-order valence-electron chi connectivity index (χ0n) is 16.3. The summed E-state index contributed by atoms with van der Waals surface area (Å²) in [5.41, 5.74) is 6.09. The maximum atomic E-state index is 11.5. The van der Waals surface area contributed by atoms with Crippen molar-refractivity contribution in [1.29, 1.82) is 0 Å². The fourth-order valence-electron chi connectivity index (χ4n) is 5.49. The molecule has 0 aliphatic heterocycles. The van der Waals surface area contributed by atoms with Gasteiger partial charge in [0.1, 0.15) is 5.76 Å². The Bertz CT molecular complexity index is 883. The number of allylic oxidation sites excluding steroid dienone is 3. The molecule has 0 radical (unpaired) electrons. The second-order valence-corrected chi connectivity index (χ2v) is 10.4. The molecule has 2 atom stereocenters. The van der Waals surface area contributed by atoms with Crippen LogP contribution in [-0.2, 0) is 15.5 Å². The van der Waals surface area contributed by atoms with Gasteiger partial charge in [-0.05, 0) is 80.2 Å². The lowest BCUT2D eigenvalue weighted by atomic mass is 9.62. The number of fused-ring (bicyclic) bond motifs is 3. The van der Waals surface area contributed by atoms with Crippen molar-refractivity contribution in [3.05, 3.63) is 51.1 Å². The molecule has 1 aromatic rings. The average molecular weight is 423 g/mol. The van der Waals surface area contributed by atoms with Crippen molar-refractivity contribution in [3.8, 4) is 0 Å². The third-order valence-electron chi connectivity index (χ3n) is 6.55. The number of methoxy groups -OCH3 is 1. The third-order valence-corrected chi connectivity index (χ3v) is 7.67. The summed E-state index contributed by atoms with van der Waals surface area (Å²) >= 11 is 6.22. The smallest absolute Gasteiger partial charge is 0.329 e. The summed E-state index contributed by atoms with van der Waals surface area (Å²) in [5.74, 6) is 1.88. The van der Waals surface area contributed by atoms with Gasteiger partial charge in [-0.25, -0.2) is 0 Å². The maximum absolute atomic E-state index is 11.5. The Balaban J connectivity index is 1.80. The minimum absolute atomic E-state index is 0.353. The largest absolute Gasteiger partial charge is 0.496 e. The van der Waals surface area contributed by atoms with Gasteiger partial charge in [0.2, 0.25) is 0 Å². The molecule has 0 aromatic heterocycles. The van der Waals surface area contributed by atoms with Gasteiger partial charge in [-0.15, -0.1) is 0 Å². The summed E-state index contributed by atoms with van der Waals surface area (Å²) < 4.78 is 17.4. The van der Waals surface area contributed by atoms with Crippen LogP contribution in [-0.4, -0.2) is 16.9 Å². The van der Waals surface area contributed by atoms with Crippen LogP contribution in [0.4, 0.5) is 0 Å². The molecule has 152 valence electrons. The van der Waals surface area contributed by atoms with E-state index in [1.54, 1.807) is 30.4 Å². The van der Waals surface area contributed by atoms with Gasteiger partial charge in [0, 0.05) is 16.5 Å². The number of halogens is 1. The van der Waals surface area contributed by atoms with E-state index >= 15 is 0 Å². The monoisotopic (exact) mass is 422 g/mol. The van der Waals surface area contributed by atoms with Crippen LogP contribution in [0.25, 0.3) is 5.76 Å². The van der Waals surface area contributed by atoms with E-state index in [2.05, 4.69) is 0 Å². The molecule has 0 amide bonds. The van der Waals surface area contributed by atoms with E-state index in [4.69, 9.17) is 16.3 Å². The predicted molar refractivity (Wildman–Crippen MR) is 112 cm³/mol. The Morgan fingerprint density at radius 2 is 2.00 bits per heavy atom. The molecule has 2 N–H and O–H groups in total. The van der Waals surface area contributed by atoms with Crippen LogP contribution in [0.15, 0.2) is 34.9 Å². The van der Waals surface area contributed by atoms with Gasteiger partial charge >= 0.3 is 7.60 Å². The van der Waals surface area contributed by atoms with Gasteiger partial charge in [0.15, 0.2) is 0 Å². The molecule has 2 bridgehead atoms. The third kappa shape index (κ3) is 3.98. The molecular formula is C22H28ClO4P. The van der Waals surface area contributed by atoms with Crippen LogP contribution in [0.1, 0.15) is 62.5 Å². The molecule has 1 fully saturated rings. The number of ether oxygens (including phenoxy) is 1. The number of benzene rings is 1. The SMILES string of the molecule is COC(=C1C2CCCC1C1=C(CCCC1)C2)c1ccc(Cl)c(CP(=O)(O)O)c1. The summed E-state index contributed by atoms with van der Waals surface area (Å²) in [6.45, 7) is 0. The lowest BCUT2D eigenvalue weighted by Gasteiger charge is -2.43. The number of hydrogen-bond acceptors (Lipinski definition) is 2. The zero-order chi connectivity index (χ0) is 19.9. The lowest BCUT2D eigenvalue weighted by Crippen LogP contribution is -2.30. The summed E-state index contributed by atoms with van der Waals surface area (Å²) in [7, 11) is -2.48. The Morgan fingerprint density at radius 3 is 2.75 bits per heavy atom. The minimum Gasteiger partial charge on any atom is -0.496 e. The van der Waals surface area contributed by atoms with Gasteiger partial charge in [0.05, 0.1) is 13.3 Å². The summed E-state index contributed by atoms with van der Waals surface area (Å²) in [5, 5.41) is 0.383. The molecular weight excluding hydrogens is 395 g/mol. The number of rotatable bonds is 4. The molecule has 28 heavy (non-hydrogen) atoms. The van der Waals surface area contributed by atoms with E-state index in [0.29, 0.717) is 22.4 Å². The summed E-state index contributed by atoms with van der Waals surface area (Å²) in [4.78, 5) is 18.8. The van der Waals surface area contributed by atoms with Crippen molar-refractivity contribution < 1.29 is 19.1 Å². The van der Waals surface area contributed by atoms with Crippen molar-refractivity contribution in [2.45, 2.75) is 57.5 Å². The van der Waals surface area contributed by atoms with E-state index in [-0.39, 0.29) is 6.16 Å². The molecule has 2 unspecified atom stereocenters. The maximum Gasteiger partial charge on any atom is 0.329 e. The van der Waals surface area contributed by atoms with Gasteiger partial charge in [-0.3, -0.25) is 4.57 Å². The predicted octanol–water partition coefficient (Wildman–Crippen LogP) is 6.07. The van der Waals surface area contributed by atoms with Gasteiger partial charge in [-0.1, -0.05) is 29.2 Å². The molecule has 1 saturated carbocycles. The zero-order valence-corrected chi connectivity index (χ0v) is 17.9. The van der Waals surface area contributed by atoms with Crippen LogP contribution in [0, 0.1) is 11.8 Å². The second kappa shape index (κ2) is 7.99. The highest BCUT2D eigenvalue weighted by atomic mass is 35.5. The highest BCUT2D eigenvalue weighted by Crippen LogP contribution is 2.53. The van der Waals surface area contributed by atoms with Crippen molar-refractivity contribution in [2.24, 2.45) is 11.8 Å². The average Bonchev–Trinajstić information content (AvgIpc) is 2.64. The van der Waals surface area contributed by atoms with Crippen LogP contribution in [0.5, 0.6) is 0 Å². The Morgan fingerprint density at radius 1 is 1.21 bits per heavy atom. The lowest BCUT2D eigenvalue weighted by molar-refractivity contribution is 0.311. The van der Waals surface area contributed by atoms with E-state index in [9.17, 15) is 14.4 Å². The first-order chi connectivity index (χ1) is 13.4. The van der Waals surface area contributed by atoms with Gasteiger partial charge < -0.3 is 14.5 Å². The molecule has 4 rings (SSSR count). The van der Waals surface area contributed by atoms with Crippen molar-refractivity contribution in [1.82, 2.24) is 0 Å². The Kier molecular flexibility index (Phi) is 5.77. The summed E-state index contributed by atoms with van der Waals surface area (Å²) in [6, 6.07) is 5.44. The van der Waals surface area contributed by atoms with Gasteiger partial charge in [-0.2, -0.15) is 0 Å². The highest BCUT2D eigenvalue weighted by Gasteiger charge is 2.39. The standard InChI is InChI=1S/C22H28ClO4P/c1-27-22(16-9-10-20(23)17(12-16)13-28(24,25)26)21-15-6-4-8-19(21)18-7-3-2-5-14(18)11-15/h9-10,12,15,19H,2-8,11,13H2,1H3,(H2,24,25,26). The van der Waals surface area contributed by atoms with E-state index in [1.807, 2.05) is 6.07 Å². The fourth-order valence-corrected chi connectivity index (χ4v) is 6.47. The Labute approximate surface area is 171 Å². The Hall–Kier alpha value is -1.06. The molecule has 3 aliphatic carbocycles. The first-order valence-electron chi connectivity index (χ1n) is 10.2. The van der Waals surface area contributed by atoms with Crippen LogP contribution in [0.3, 0.4) is 0 Å². The molecule has 6 heteroatoms. The van der Waals surface area contributed by atoms with Crippen LogP contribution in [0.2, 0.25) is 5.02 Å². The molecule has 0 heterocycles. The molecule has 0 saturated heterocycles. The first-order valence-corrected chi connectivity index (χ1v) is 12.4. The topological polar surface area (TPSA) is 66.8 Å². The van der Waals surface area contributed by atoms with Crippen LogP contribution < -0.4 is 0 Å². The van der Waals surface area contributed by atoms with E-state index < -0.39 is 7.60 Å². The van der Waals surface area contributed by atoms with Crippen molar-refractivity contribution >= 4 is 25.0 Å². The number of hydrogen-bond donors (Lipinski definition) is 2. The minimum atomic E-state index is -4.19. The molecule has 4 nitrogen and oxygen atoms in total. The molecule has 3 aliphatic rings. The van der Waals surface area contributed by atoms with Gasteiger partial charge in [0.25, 0.3) is 0 Å². The van der Waals surface area contributed by atoms with Crippen molar-refractivity contribution in [2.75, 3.05) is 7.11 Å². The first kappa shape index (κ1) is 20.2. The van der Waals surface area contributed by atoms with E-state index in [1.165, 1.54) is 50.5 Å². The normalized spacial score (nSPS) is 26.7. The second-order valence-electron chi connectivity index (χ2n) is 8.34. The highest BCUT2D eigenvalue weighted by molar-refractivity contribution is 7.50. The van der Waals surface area contributed by atoms with Crippen molar-refractivity contribution in [3.63, 3.8) is 0 Å². The fraction of sp³-hybridized carbons (Fsp3) is 0.545. The van der Waals surface area contributed by atoms with Crippen LogP contribution >= 0.6 is 19.2 Å². The van der Waals surface area contributed by atoms with E-state index in [0.717, 1.165) is 17.7 Å². The summed E-state index contributed by atoms with van der Waals surface area (Å²) in [6.07, 6.45) is 9.49. The molecule has 1 aromatic carbocycles. The molecule has 0 spiro atoms.